The van der Waals surface area contributed by atoms with Gasteiger partial charge in [0, 0.05) is 6.54 Å². The molecular weight excluding hydrogens is 254 g/mol. The van der Waals surface area contributed by atoms with Crippen LogP contribution in [0.2, 0.25) is 0 Å². The second-order valence-electron chi connectivity index (χ2n) is 4.72. The van der Waals surface area contributed by atoms with Crippen LogP contribution in [-0.2, 0) is 16.1 Å². The van der Waals surface area contributed by atoms with Crippen molar-refractivity contribution in [2.24, 2.45) is 0 Å². The van der Waals surface area contributed by atoms with Crippen LogP contribution in [0, 0.1) is 0 Å². The molecule has 1 heterocycles. The van der Waals surface area contributed by atoms with Gasteiger partial charge >= 0.3 is 5.97 Å². The Bertz CT molecular complexity index is 565. The SMILES string of the molecule is CCC(NCCCn1cnc2ccccc21)C(=O)OC. The standard InChI is InChI=1S/C15H21N3O2/c1-3-12(15(19)20-2)16-9-6-10-18-11-17-13-7-4-5-8-14(13)18/h4-5,7-8,11-12,16H,3,6,9-10H2,1-2H3. The molecule has 1 N–H and O–H groups in total. The van der Waals surface area contributed by atoms with Crippen LogP contribution in [0.25, 0.3) is 11.0 Å². The van der Waals surface area contributed by atoms with E-state index < -0.39 is 0 Å². The largest absolute Gasteiger partial charge is 0.468 e. The summed E-state index contributed by atoms with van der Waals surface area (Å²) >= 11 is 0. The monoisotopic (exact) mass is 275 g/mol. The quantitative estimate of drug-likeness (QED) is 0.620. The number of para-hydroxylation sites is 2. The summed E-state index contributed by atoms with van der Waals surface area (Å²) in [6.07, 6.45) is 3.54. The molecule has 0 aliphatic carbocycles. The van der Waals surface area contributed by atoms with Crippen LogP contribution in [0.1, 0.15) is 19.8 Å². The molecule has 108 valence electrons. The Morgan fingerprint density at radius 1 is 1.45 bits per heavy atom. The third-order valence-corrected chi connectivity index (χ3v) is 3.39. The Kier molecular flexibility index (Phi) is 5.12. The molecule has 0 aliphatic rings. The molecule has 0 spiro atoms. The van der Waals surface area contributed by atoms with Crippen molar-refractivity contribution in [3.05, 3.63) is 30.6 Å². The van der Waals surface area contributed by atoms with Gasteiger partial charge in [-0.15, -0.1) is 0 Å². The average molecular weight is 275 g/mol. The van der Waals surface area contributed by atoms with E-state index in [1.165, 1.54) is 7.11 Å². The number of hydrogen-bond donors (Lipinski definition) is 1. The van der Waals surface area contributed by atoms with Crippen LogP contribution in [0.15, 0.2) is 30.6 Å². The zero-order chi connectivity index (χ0) is 14.4. The van der Waals surface area contributed by atoms with Crippen LogP contribution < -0.4 is 5.32 Å². The highest BCUT2D eigenvalue weighted by Gasteiger charge is 2.15. The minimum Gasteiger partial charge on any atom is -0.468 e. The van der Waals surface area contributed by atoms with Gasteiger partial charge in [-0.1, -0.05) is 19.1 Å². The summed E-state index contributed by atoms with van der Waals surface area (Å²) in [7, 11) is 1.42. The maximum Gasteiger partial charge on any atom is 0.322 e. The highest BCUT2D eigenvalue weighted by Crippen LogP contribution is 2.11. The first-order valence-corrected chi connectivity index (χ1v) is 6.97. The topological polar surface area (TPSA) is 56.2 Å². The van der Waals surface area contributed by atoms with E-state index in [0.717, 1.165) is 37.0 Å². The van der Waals surface area contributed by atoms with Gasteiger partial charge in [-0.3, -0.25) is 4.79 Å². The Labute approximate surface area is 118 Å². The molecule has 2 rings (SSSR count). The number of carbonyl (C=O) groups excluding carboxylic acids is 1. The highest BCUT2D eigenvalue weighted by atomic mass is 16.5. The number of imidazole rings is 1. The lowest BCUT2D eigenvalue weighted by molar-refractivity contribution is -0.143. The normalized spacial score (nSPS) is 12.5. The predicted octanol–water partition coefficient (Wildman–Crippen LogP) is 1.97. The zero-order valence-corrected chi connectivity index (χ0v) is 12.0. The number of nitrogens with zero attached hydrogens (tertiary/aromatic N) is 2. The summed E-state index contributed by atoms with van der Waals surface area (Å²) in [6, 6.07) is 7.87. The number of aromatic nitrogens is 2. The van der Waals surface area contributed by atoms with E-state index >= 15 is 0 Å². The second-order valence-corrected chi connectivity index (χ2v) is 4.72. The lowest BCUT2D eigenvalue weighted by Crippen LogP contribution is -2.37. The Balaban J connectivity index is 1.83. The molecule has 0 aliphatic heterocycles. The van der Waals surface area contributed by atoms with Crippen LogP contribution in [0.4, 0.5) is 0 Å². The maximum absolute atomic E-state index is 11.4. The van der Waals surface area contributed by atoms with Crippen LogP contribution in [0.5, 0.6) is 0 Å². The molecule has 0 amide bonds. The number of ether oxygens (including phenoxy) is 1. The molecular formula is C15H21N3O2. The number of fused-ring (bicyclic) bond motifs is 1. The number of nitrogens with one attached hydrogen (secondary N) is 1. The number of methoxy groups -OCH3 is 1. The number of carbonyl (C=O) groups is 1. The van der Waals surface area contributed by atoms with Crippen molar-refractivity contribution in [1.82, 2.24) is 14.9 Å². The predicted molar refractivity (Wildman–Crippen MR) is 78.4 cm³/mol. The molecule has 1 atom stereocenters. The average Bonchev–Trinajstić information content (AvgIpc) is 2.90. The van der Waals surface area contributed by atoms with E-state index in [4.69, 9.17) is 4.74 Å². The molecule has 1 unspecified atom stereocenters. The first kappa shape index (κ1) is 14.5. The van der Waals surface area contributed by atoms with E-state index in [2.05, 4.69) is 20.9 Å². The fraction of sp³-hybridized carbons (Fsp3) is 0.467. The minimum absolute atomic E-state index is 0.194. The summed E-state index contributed by atoms with van der Waals surface area (Å²) in [5.74, 6) is -0.194. The molecule has 1 aromatic heterocycles. The highest BCUT2D eigenvalue weighted by molar-refractivity contribution is 5.75. The Morgan fingerprint density at radius 2 is 2.25 bits per heavy atom. The van der Waals surface area contributed by atoms with Crippen molar-refractivity contribution in [2.75, 3.05) is 13.7 Å². The Morgan fingerprint density at radius 3 is 3.00 bits per heavy atom. The van der Waals surface area contributed by atoms with E-state index in [1.807, 2.05) is 31.5 Å². The third-order valence-electron chi connectivity index (χ3n) is 3.39. The fourth-order valence-corrected chi connectivity index (χ4v) is 2.25. The second kappa shape index (κ2) is 7.05. The van der Waals surface area contributed by atoms with Gasteiger partial charge < -0.3 is 14.6 Å². The molecule has 5 heteroatoms. The van der Waals surface area contributed by atoms with Crippen molar-refractivity contribution in [3.8, 4) is 0 Å². The van der Waals surface area contributed by atoms with E-state index in [-0.39, 0.29) is 12.0 Å². The van der Waals surface area contributed by atoms with Crippen molar-refractivity contribution >= 4 is 17.0 Å². The molecule has 20 heavy (non-hydrogen) atoms. The molecule has 0 fully saturated rings. The van der Waals surface area contributed by atoms with Gasteiger partial charge in [-0.05, 0) is 31.5 Å². The minimum atomic E-state index is -0.209. The third kappa shape index (κ3) is 3.36. The van der Waals surface area contributed by atoms with Gasteiger partial charge in [0.1, 0.15) is 6.04 Å². The number of hydrogen-bond acceptors (Lipinski definition) is 4. The van der Waals surface area contributed by atoms with E-state index in [0.29, 0.717) is 0 Å². The van der Waals surface area contributed by atoms with Crippen LogP contribution in [-0.4, -0.2) is 35.2 Å². The summed E-state index contributed by atoms with van der Waals surface area (Å²) < 4.78 is 6.88. The van der Waals surface area contributed by atoms with Crippen molar-refractivity contribution in [2.45, 2.75) is 32.4 Å². The Hall–Kier alpha value is -1.88. The summed E-state index contributed by atoms with van der Waals surface area (Å²) in [5, 5.41) is 3.22. The number of esters is 1. The van der Waals surface area contributed by atoms with Crippen molar-refractivity contribution in [3.63, 3.8) is 0 Å². The molecule has 0 saturated heterocycles. The maximum atomic E-state index is 11.4. The van der Waals surface area contributed by atoms with Gasteiger partial charge in [-0.2, -0.15) is 0 Å². The summed E-state index contributed by atoms with van der Waals surface area (Å²) in [4.78, 5) is 15.8. The van der Waals surface area contributed by atoms with Crippen molar-refractivity contribution in [1.29, 1.82) is 0 Å². The van der Waals surface area contributed by atoms with Gasteiger partial charge in [0.25, 0.3) is 0 Å². The molecule has 0 saturated carbocycles. The first-order chi connectivity index (χ1) is 9.76. The van der Waals surface area contributed by atoms with Gasteiger partial charge in [0.15, 0.2) is 0 Å². The number of benzene rings is 1. The van der Waals surface area contributed by atoms with Gasteiger partial charge in [0.05, 0.1) is 24.5 Å². The van der Waals surface area contributed by atoms with Crippen LogP contribution >= 0.6 is 0 Å². The van der Waals surface area contributed by atoms with Crippen molar-refractivity contribution < 1.29 is 9.53 Å². The molecule has 0 radical (unpaired) electrons. The van der Waals surface area contributed by atoms with Crippen LogP contribution in [0.3, 0.4) is 0 Å². The zero-order valence-electron chi connectivity index (χ0n) is 12.0. The first-order valence-electron chi connectivity index (χ1n) is 6.97. The van der Waals surface area contributed by atoms with E-state index in [1.54, 1.807) is 0 Å². The number of rotatable bonds is 7. The molecule has 5 nitrogen and oxygen atoms in total. The lowest BCUT2D eigenvalue weighted by Gasteiger charge is -2.14. The van der Waals surface area contributed by atoms with Gasteiger partial charge in [0.2, 0.25) is 0 Å². The van der Waals surface area contributed by atoms with E-state index in [9.17, 15) is 4.79 Å². The molecule has 2 aromatic rings. The molecule has 1 aromatic carbocycles. The summed E-state index contributed by atoms with van der Waals surface area (Å²) in [6.45, 7) is 3.63. The fourth-order valence-electron chi connectivity index (χ4n) is 2.25. The smallest absolute Gasteiger partial charge is 0.322 e. The van der Waals surface area contributed by atoms with Gasteiger partial charge in [-0.25, -0.2) is 4.98 Å². The molecule has 0 bridgehead atoms. The summed E-state index contributed by atoms with van der Waals surface area (Å²) in [5.41, 5.74) is 2.16. The lowest BCUT2D eigenvalue weighted by atomic mass is 10.2. The number of aryl methyl sites for hydroxylation is 1.